The van der Waals surface area contributed by atoms with Gasteiger partial charge in [-0.05, 0) is 51.1 Å². The normalized spacial score (nSPS) is 18.6. The molecule has 0 aromatic heterocycles. The fourth-order valence-corrected chi connectivity index (χ4v) is 2.87. The molecule has 1 atom stereocenters. The number of nitrogens with one attached hydrogen (secondary N) is 1. The van der Waals surface area contributed by atoms with E-state index >= 15 is 0 Å². The van der Waals surface area contributed by atoms with E-state index in [1.54, 1.807) is 18.2 Å². The van der Waals surface area contributed by atoms with Crippen molar-refractivity contribution in [3.05, 3.63) is 23.2 Å². The number of anilines is 2. The number of likely N-dealkylation sites (tertiary alicyclic amines) is 1. The van der Waals surface area contributed by atoms with Gasteiger partial charge in [-0.1, -0.05) is 30.9 Å². The standard InChI is InChI=1S/C16H24ClN3O/c1-12(20-9-5-3-2-4-6-10-20)16(21)19-15-11-13(17)7-8-14(15)18/h7-8,11-12H,2-6,9-10,18H2,1H3,(H,19,21). The third-order valence-corrected chi connectivity index (χ3v) is 4.33. The number of nitrogens with zero attached hydrogens (tertiary/aromatic N) is 1. The van der Waals surface area contributed by atoms with Crippen molar-refractivity contribution in [3.63, 3.8) is 0 Å². The molecule has 1 amide bonds. The number of rotatable bonds is 3. The third-order valence-electron chi connectivity index (χ3n) is 4.09. The monoisotopic (exact) mass is 309 g/mol. The van der Waals surface area contributed by atoms with Gasteiger partial charge in [0, 0.05) is 5.02 Å². The molecule has 1 aliphatic heterocycles. The first-order chi connectivity index (χ1) is 10.1. The number of carbonyl (C=O) groups excluding carboxylic acids is 1. The van der Waals surface area contributed by atoms with Crippen LogP contribution in [0.2, 0.25) is 5.02 Å². The molecular weight excluding hydrogens is 286 g/mol. The molecule has 21 heavy (non-hydrogen) atoms. The molecule has 1 aliphatic rings. The highest BCUT2D eigenvalue weighted by molar-refractivity contribution is 6.31. The number of carbonyl (C=O) groups is 1. The molecule has 4 nitrogen and oxygen atoms in total. The van der Waals surface area contributed by atoms with E-state index in [1.165, 1.54) is 19.3 Å². The molecule has 0 radical (unpaired) electrons. The molecule has 0 spiro atoms. The average molecular weight is 310 g/mol. The van der Waals surface area contributed by atoms with Crippen molar-refractivity contribution in [1.82, 2.24) is 4.90 Å². The number of halogens is 1. The average Bonchev–Trinajstić information content (AvgIpc) is 2.42. The Bertz CT molecular complexity index is 484. The van der Waals surface area contributed by atoms with E-state index in [1.807, 2.05) is 6.92 Å². The quantitative estimate of drug-likeness (QED) is 0.840. The molecule has 5 heteroatoms. The minimum Gasteiger partial charge on any atom is -0.397 e. The summed E-state index contributed by atoms with van der Waals surface area (Å²) in [6.45, 7) is 3.93. The largest absolute Gasteiger partial charge is 0.397 e. The lowest BCUT2D eigenvalue weighted by molar-refractivity contribution is -0.120. The van der Waals surface area contributed by atoms with E-state index in [0.29, 0.717) is 16.4 Å². The smallest absolute Gasteiger partial charge is 0.241 e. The van der Waals surface area contributed by atoms with Crippen LogP contribution in [0.1, 0.15) is 39.0 Å². The van der Waals surface area contributed by atoms with Gasteiger partial charge < -0.3 is 11.1 Å². The van der Waals surface area contributed by atoms with E-state index in [2.05, 4.69) is 10.2 Å². The Morgan fingerprint density at radius 2 is 1.86 bits per heavy atom. The first kappa shape index (κ1) is 16.1. The Hall–Kier alpha value is -1.26. The molecule has 1 saturated heterocycles. The molecule has 1 aromatic rings. The summed E-state index contributed by atoms with van der Waals surface area (Å²) >= 11 is 5.95. The number of benzene rings is 1. The molecule has 1 heterocycles. The van der Waals surface area contributed by atoms with Crippen LogP contribution < -0.4 is 11.1 Å². The van der Waals surface area contributed by atoms with Crippen molar-refractivity contribution in [1.29, 1.82) is 0 Å². The zero-order chi connectivity index (χ0) is 15.2. The molecule has 3 N–H and O–H groups in total. The predicted octanol–water partition coefficient (Wildman–Crippen LogP) is 3.52. The zero-order valence-electron chi connectivity index (χ0n) is 12.6. The highest BCUT2D eigenvalue weighted by atomic mass is 35.5. The Balaban J connectivity index is 1.99. The summed E-state index contributed by atoms with van der Waals surface area (Å²) in [5.41, 5.74) is 7.00. The van der Waals surface area contributed by atoms with Crippen LogP contribution in [0.3, 0.4) is 0 Å². The number of nitrogens with two attached hydrogens (primary N) is 1. The van der Waals surface area contributed by atoms with Gasteiger partial charge in [-0.15, -0.1) is 0 Å². The van der Waals surface area contributed by atoms with E-state index in [9.17, 15) is 4.79 Å². The van der Waals surface area contributed by atoms with Gasteiger partial charge in [0.05, 0.1) is 17.4 Å². The fraction of sp³-hybridized carbons (Fsp3) is 0.562. The van der Waals surface area contributed by atoms with Crippen molar-refractivity contribution in [2.45, 2.75) is 45.1 Å². The second-order valence-electron chi connectivity index (χ2n) is 5.70. The Morgan fingerprint density at radius 1 is 1.24 bits per heavy atom. The van der Waals surface area contributed by atoms with Crippen molar-refractivity contribution in [2.24, 2.45) is 0 Å². The van der Waals surface area contributed by atoms with E-state index in [-0.39, 0.29) is 11.9 Å². The summed E-state index contributed by atoms with van der Waals surface area (Å²) < 4.78 is 0. The van der Waals surface area contributed by atoms with Crippen LogP contribution in [-0.2, 0) is 4.79 Å². The molecule has 0 bridgehead atoms. The lowest BCUT2D eigenvalue weighted by Gasteiger charge is -2.29. The molecule has 0 saturated carbocycles. The van der Waals surface area contributed by atoms with Crippen LogP contribution >= 0.6 is 11.6 Å². The van der Waals surface area contributed by atoms with Crippen molar-refractivity contribution in [3.8, 4) is 0 Å². The molecule has 1 fully saturated rings. The van der Waals surface area contributed by atoms with E-state index in [4.69, 9.17) is 17.3 Å². The Labute approximate surface area is 131 Å². The maximum absolute atomic E-state index is 12.4. The van der Waals surface area contributed by atoms with Gasteiger partial charge in [0.1, 0.15) is 0 Å². The summed E-state index contributed by atoms with van der Waals surface area (Å²) in [6.07, 6.45) is 6.15. The third kappa shape index (κ3) is 4.61. The Kier molecular flexibility index (Phi) is 5.88. The predicted molar refractivity (Wildman–Crippen MR) is 88.6 cm³/mol. The summed E-state index contributed by atoms with van der Waals surface area (Å²) in [5, 5.41) is 3.46. The topological polar surface area (TPSA) is 58.4 Å². The molecule has 1 aromatic carbocycles. The molecule has 2 rings (SSSR count). The van der Waals surface area contributed by atoms with Crippen LogP contribution in [0, 0.1) is 0 Å². The van der Waals surface area contributed by atoms with Crippen molar-refractivity contribution >= 4 is 28.9 Å². The number of hydrogen-bond acceptors (Lipinski definition) is 3. The molecule has 116 valence electrons. The fourth-order valence-electron chi connectivity index (χ4n) is 2.70. The van der Waals surface area contributed by atoms with Crippen LogP contribution in [0.15, 0.2) is 18.2 Å². The minimum atomic E-state index is -0.151. The number of nitrogen functional groups attached to an aromatic ring is 1. The first-order valence-electron chi connectivity index (χ1n) is 7.68. The highest BCUT2D eigenvalue weighted by Crippen LogP contribution is 2.23. The van der Waals surface area contributed by atoms with Crippen LogP contribution in [-0.4, -0.2) is 29.9 Å². The Morgan fingerprint density at radius 3 is 2.52 bits per heavy atom. The summed E-state index contributed by atoms with van der Waals surface area (Å²) in [4.78, 5) is 14.7. The van der Waals surface area contributed by atoms with Gasteiger partial charge in [0.15, 0.2) is 0 Å². The maximum Gasteiger partial charge on any atom is 0.241 e. The lowest BCUT2D eigenvalue weighted by Crippen LogP contribution is -2.43. The maximum atomic E-state index is 12.4. The van der Waals surface area contributed by atoms with Gasteiger partial charge in [0.2, 0.25) is 5.91 Å². The summed E-state index contributed by atoms with van der Waals surface area (Å²) in [5.74, 6) is -0.0236. The van der Waals surface area contributed by atoms with Gasteiger partial charge in [-0.3, -0.25) is 9.69 Å². The summed E-state index contributed by atoms with van der Waals surface area (Å²) in [6, 6.07) is 4.96. The minimum absolute atomic E-state index is 0.0236. The van der Waals surface area contributed by atoms with Crippen LogP contribution in [0.4, 0.5) is 11.4 Å². The summed E-state index contributed by atoms with van der Waals surface area (Å²) in [7, 11) is 0. The van der Waals surface area contributed by atoms with E-state index < -0.39 is 0 Å². The SMILES string of the molecule is CC(C(=O)Nc1cc(Cl)ccc1N)N1CCCCCCC1. The highest BCUT2D eigenvalue weighted by Gasteiger charge is 2.22. The molecular formula is C16H24ClN3O. The molecule has 1 unspecified atom stereocenters. The zero-order valence-corrected chi connectivity index (χ0v) is 13.3. The number of amides is 1. The second kappa shape index (κ2) is 7.66. The van der Waals surface area contributed by atoms with Crippen molar-refractivity contribution < 1.29 is 4.79 Å². The van der Waals surface area contributed by atoms with Gasteiger partial charge >= 0.3 is 0 Å². The van der Waals surface area contributed by atoms with Gasteiger partial charge in [0.25, 0.3) is 0 Å². The lowest BCUT2D eigenvalue weighted by atomic mass is 10.1. The molecule has 0 aliphatic carbocycles. The van der Waals surface area contributed by atoms with Gasteiger partial charge in [-0.25, -0.2) is 0 Å². The van der Waals surface area contributed by atoms with Gasteiger partial charge in [-0.2, -0.15) is 0 Å². The number of hydrogen-bond donors (Lipinski definition) is 2. The van der Waals surface area contributed by atoms with E-state index in [0.717, 1.165) is 25.9 Å². The van der Waals surface area contributed by atoms with Crippen LogP contribution in [0.5, 0.6) is 0 Å². The first-order valence-corrected chi connectivity index (χ1v) is 8.05. The second-order valence-corrected chi connectivity index (χ2v) is 6.14. The van der Waals surface area contributed by atoms with Crippen molar-refractivity contribution in [2.75, 3.05) is 24.1 Å². The van der Waals surface area contributed by atoms with Crippen LogP contribution in [0.25, 0.3) is 0 Å².